The van der Waals surface area contributed by atoms with Gasteiger partial charge in [-0.2, -0.15) is 0 Å². The van der Waals surface area contributed by atoms with E-state index in [9.17, 15) is 0 Å². The lowest BCUT2D eigenvalue weighted by molar-refractivity contribution is 0.191. The first kappa shape index (κ1) is 41.4. The average Bonchev–Trinajstić information content (AvgIpc) is 3.94. The number of para-hydroxylation sites is 4. The molecule has 5 atom stereocenters. The Balaban J connectivity index is 1.04. The van der Waals surface area contributed by atoms with Crippen LogP contribution in [0.1, 0.15) is 101 Å². The molecule has 17 rings (SSSR count). The van der Waals surface area contributed by atoms with E-state index in [-0.39, 0.29) is 23.0 Å². The van der Waals surface area contributed by atoms with Gasteiger partial charge in [0.25, 0.3) is 6.71 Å². The summed E-state index contributed by atoms with van der Waals surface area (Å²) in [5.74, 6) is 4.79. The number of nitrogens with zero attached hydrogens (tertiary/aromatic N) is 2. The summed E-state index contributed by atoms with van der Waals surface area (Å²) in [6, 6.07) is 63.1. The first-order valence-electron chi connectivity index (χ1n) is 26.8. The molecule has 5 unspecified atom stereocenters. The third-order valence-corrected chi connectivity index (χ3v) is 21.1. The van der Waals surface area contributed by atoms with Crippen molar-refractivity contribution in [2.24, 2.45) is 29.6 Å². The van der Waals surface area contributed by atoms with Crippen molar-refractivity contribution in [1.29, 1.82) is 0 Å². The average molecular weight is 935 g/mol. The van der Waals surface area contributed by atoms with Crippen LogP contribution in [0.25, 0.3) is 33.4 Å². The zero-order chi connectivity index (χ0) is 47.4. The van der Waals surface area contributed by atoms with Crippen LogP contribution in [-0.2, 0) is 16.2 Å². The maximum absolute atomic E-state index is 2.72. The zero-order valence-electron chi connectivity index (χ0n) is 41.8. The van der Waals surface area contributed by atoms with E-state index in [1.165, 1.54) is 137 Å². The summed E-state index contributed by atoms with van der Waals surface area (Å²) in [6.45, 7) is 14.5. The molecule has 4 fully saturated rings. The van der Waals surface area contributed by atoms with E-state index >= 15 is 0 Å². The Kier molecular flexibility index (Phi) is 8.19. The highest BCUT2D eigenvalue weighted by atomic mass is 32.2. The van der Waals surface area contributed by atoms with Gasteiger partial charge < -0.3 is 9.80 Å². The molecule has 4 aliphatic heterocycles. The second-order valence-corrected chi connectivity index (χ2v) is 25.4. The van der Waals surface area contributed by atoms with Crippen LogP contribution in [-0.4, -0.2) is 12.5 Å². The zero-order valence-corrected chi connectivity index (χ0v) is 42.6. The van der Waals surface area contributed by atoms with Crippen molar-refractivity contribution in [1.82, 2.24) is 0 Å². The van der Waals surface area contributed by atoms with E-state index in [4.69, 9.17) is 0 Å². The molecule has 0 N–H and O–H groups in total. The second kappa shape index (κ2) is 14.0. The predicted molar refractivity (Wildman–Crippen MR) is 300 cm³/mol. The molecule has 4 heterocycles. The maximum Gasteiger partial charge on any atom is 0.252 e. The highest BCUT2D eigenvalue weighted by Crippen LogP contribution is 2.74. The summed E-state index contributed by atoms with van der Waals surface area (Å²) < 4.78 is 0. The van der Waals surface area contributed by atoms with E-state index in [0.29, 0.717) is 17.8 Å². The van der Waals surface area contributed by atoms with Crippen LogP contribution in [0.2, 0.25) is 0 Å². The number of benzene rings is 8. The molecule has 71 heavy (non-hydrogen) atoms. The molecule has 0 amide bonds. The third-order valence-electron chi connectivity index (χ3n) is 19.6. The molecule has 0 radical (unpaired) electrons. The number of rotatable bonds is 5. The van der Waals surface area contributed by atoms with E-state index < -0.39 is 0 Å². The molecule has 4 heteroatoms. The van der Waals surface area contributed by atoms with Gasteiger partial charge in [-0.1, -0.05) is 151 Å². The Morgan fingerprint density at radius 2 is 1.10 bits per heavy atom. The Morgan fingerprint density at radius 3 is 1.72 bits per heavy atom. The molecule has 0 saturated heterocycles. The lowest BCUT2D eigenvalue weighted by Gasteiger charge is -2.52. The third kappa shape index (κ3) is 5.13. The lowest BCUT2D eigenvalue weighted by atomic mass is 9.32. The first-order valence-corrected chi connectivity index (χ1v) is 27.8. The molecule has 2 nitrogen and oxygen atoms in total. The fourth-order valence-electron chi connectivity index (χ4n) is 17.0. The molecule has 4 saturated carbocycles. The summed E-state index contributed by atoms with van der Waals surface area (Å²) in [6.07, 6.45) is 5.50. The maximum atomic E-state index is 2.72. The van der Waals surface area contributed by atoms with E-state index in [1.807, 2.05) is 11.8 Å². The minimum Gasteiger partial charge on any atom is -0.311 e. The SMILES string of the molecule is CC(C)CSc1ccc(-c2cc(-c3cc4c5c(c3)N3c6ccccc6C(C)(C)c6cccc(c63)B5c3cccc5c3N4c3ccccc3C5(C)C)c3c(c2)-c2ccccc2C32C3CC4CC(C3)C2C4)cc1. The molecule has 8 aromatic carbocycles. The van der Waals surface area contributed by atoms with Crippen molar-refractivity contribution in [3.05, 3.63) is 191 Å². The summed E-state index contributed by atoms with van der Waals surface area (Å²) in [5, 5.41) is 0. The van der Waals surface area contributed by atoms with Crippen LogP contribution in [0.15, 0.2) is 163 Å². The Bertz CT molecular complexity index is 3520. The van der Waals surface area contributed by atoms with Gasteiger partial charge in [-0.05, 0) is 187 Å². The topological polar surface area (TPSA) is 6.48 Å². The summed E-state index contributed by atoms with van der Waals surface area (Å²) in [4.78, 5) is 6.79. The highest BCUT2D eigenvalue weighted by Gasteiger charge is 2.66. The van der Waals surface area contributed by atoms with Crippen molar-refractivity contribution >= 4 is 69.0 Å². The van der Waals surface area contributed by atoms with Crippen molar-refractivity contribution < 1.29 is 0 Å². The smallest absolute Gasteiger partial charge is 0.252 e. The molecule has 8 aromatic rings. The van der Waals surface area contributed by atoms with E-state index in [0.717, 1.165) is 17.6 Å². The summed E-state index contributed by atoms with van der Waals surface area (Å²) in [7, 11) is 0. The van der Waals surface area contributed by atoms with Crippen LogP contribution in [0, 0.1) is 29.6 Å². The van der Waals surface area contributed by atoms with Crippen molar-refractivity contribution in [3.63, 3.8) is 0 Å². The summed E-state index contributed by atoms with van der Waals surface area (Å²) >= 11 is 1.98. The van der Waals surface area contributed by atoms with Crippen molar-refractivity contribution in [3.8, 4) is 33.4 Å². The first-order chi connectivity index (χ1) is 34.5. The quantitative estimate of drug-likeness (QED) is 0.125. The van der Waals surface area contributed by atoms with Crippen LogP contribution < -0.4 is 26.2 Å². The molecule has 346 valence electrons. The van der Waals surface area contributed by atoms with Gasteiger partial charge in [0, 0.05) is 49.6 Å². The fourth-order valence-corrected chi connectivity index (χ4v) is 17.8. The fraction of sp³-hybridized carbons (Fsp3) is 0.284. The number of thioether (sulfide) groups is 1. The van der Waals surface area contributed by atoms with E-state index in [2.05, 4.69) is 209 Å². The number of hydrogen-bond acceptors (Lipinski definition) is 3. The van der Waals surface area contributed by atoms with Crippen LogP contribution in [0.4, 0.5) is 34.1 Å². The van der Waals surface area contributed by atoms with Gasteiger partial charge in [-0.3, -0.25) is 0 Å². The minimum atomic E-state index is -0.175. The van der Waals surface area contributed by atoms with Gasteiger partial charge in [-0.15, -0.1) is 11.8 Å². The Hall–Kier alpha value is -6.23. The normalized spacial score (nSPS) is 23.8. The van der Waals surface area contributed by atoms with Crippen LogP contribution >= 0.6 is 11.8 Å². The predicted octanol–water partition coefficient (Wildman–Crippen LogP) is 15.5. The van der Waals surface area contributed by atoms with Crippen LogP contribution in [0.5, 0.6) is 0 Å². The van der Waals surface area contributed by atoms with E-state index in [1.54, 1.807) is 11.1 Å². The highest BCUT2D eigenvalue weighted by molar-refractivity contribution is 7.99. The van der Waals surface area contributed by atoms with Gasteiger partial charge in [0.05, 0.1) is 11.4 Å². The largest absolute Gasteiger partial charge is 0.311 e. The molecule has 0 aromatic heterocycles. The molecular weight excluding hydrogens is 876 g/mol. The Labute approximate surface area is 424 Å². The van der Waals surface area contributed by atoms with Gasteiger partial charge in [0.15, 0.2) is 0 Å². The van der Waals surface area contributed by atoms with Crippen molar-refractivity contribution in [2.75, 3.05) is 15.6 Å². The van der Waals surface area contributed by atoms with Crippen molar-refractivity contribution in [2.45, 2.75) is 88.4 Å². The van der Waals surface area contributed by atoms with Gasteiger partial charge >= 0.3 is 0 Å². The summed E-state index contributed by atoms with van der Waals surface area (Å²) in [5.41, 5.74) is 29.1. The molecule has 4 bridgehead atoms. The standard InChI is InChI=1S/C67H59BN2S/c1-38(2)37-71-45-27-25-40(26-28-45)41-33-47(61-48(34-41)46-15-7-8-16-49(46)67(61)44-30-39-29-43(32-44)54(67)31-39)42-35-59-62-60(36-42)70-58-24-12-10-18-51(58)66(5,6)53-20-14-22-56(64(53)70)68(62)55-21-13-19-52-63(55)69(59)57-23-11-9-17-50(57)65(52,3)4/h7-28,33-36,38-39,43-44,54H,29-32,37H2,1-6H3. The molecule has 5 aliphatic carbocycles. The number of hydrogen-bond donors (Lipinski definition) is 0. The monoisotopic (exact) mass is 934 g/mol. The van der Waals surface area contributed by atoms with Gasteiger partial charge in [0.1, 0.15) is 0 Å². The lowest BCUT2D eigenvalue weighted by Crippen LogP contribution is -2.63. The van der Waals surface area contributed by atoms with Gasteiger partial charge in [-0.25, -0.2) is 0 Å². The minimum absolute atomic E-state index is 0.00744. The molecule has 1 spiro atoms. The number of anilines is 6. The number of fused-ring (bicyclic) bond motifs is 11. The Morgan fingerprint density at radius 1 is 0.521 bits per heavy atom. The van der Waals surface area contributed by atoms with Gasteiger partial charge in [0.2, 0.25) is 0 Å². The molecule has 9 aliphatic rings. The molecular formula is C67H59BN2S. The second-order valence-electron chi connectivity index (χ2n) is 24.3. The van der Waals surface area contributed by atoms with Crippen LogP contribution in [0.3, 0.4) is 0 Å².